The number of rotatable bonds is 6. The van der Waals surface area contributed by atoms with Crippen LogP contribution in [0.5, 0.6) is 5.75 Å². The fourth-order valence-electron chi connectivity index (χ4n) is 2.76. The van der Waals surface area contributed by atoms with Crippen molar-refractivity contribution in [1.29, 1.82) is 0 Å². The van der Waals surface area contributed by atoms with E-state index in [4.69, 9.17) is 4.74 Å². The molecule has 1 aromatic carbocycles. The van der Waals surface area contributed by atoms with Crippen molar-refractivity contribution in [1.82, 2.24) is 9.88 Å². The van der Waals surface area contributed by atoms with Gasteiger partial charge in [-0.3, -0.25) is 9.88 Å². The van der Waals surface area contributed by atoms with Crippen LogP contribution in [-0.4, -0.2) is 35.6 Å². The highest BCUT2D eigenvalue weighted by molar-refractivity contribution is 5.61. The normalized spacial score (nSPS) is 20.2. The predicted molar refractivity (Wildman–Crippen MR) is 90.1 cm³/mol. The first-order chi connectivity index (χ1) is 10.6. The van der Waals surface area contributed by atoms with Crippen LogP contribution in [0.25, 0.3) is 11.3 Å². The van der Waals surface area contributed by atoms with Gasteiger partial charge in [0.2, 0.25) is 0 Å². The molecule has 0 N–H and O–H groups in total. The van der Waals surface area contributed by atoms with Crippen molar-refractivity contribution in [2.75, 3.05) is 19.7 Å². The average Bonchev–Trinajstić information content (AvgIpc) is 3.24. The SMILES string of the molecule is Cc1cc(-c2ccccn2)ccc1OCC1CN1CC(C)C. The van der Waals surface area contributed by atoms with Crippen molar-refractivity contribution in [3.8, 4) is 17.0 Å². The molecule has 1 saturated heterocycles. The van der Waals surface area contributed by atoms with Crippen LogP contribution in [0.2, 0.25) is 0 Å². The van der Waals surface area contributed by atoms with E-state index in [0.29, 0.717) is 6.04 Å². The van der Waals surface area contributed by atoms with E-state index in [0.717, 1.165) is 29.5 Å². The molecule has 3 heteroatoms. The van der Waals surface area contributed by atoms with Crippen molar-refractivity contribution in [3.05, 3.63) is 48.2 Å². The predicted octanol–water partition coefficient (Wildman–Crippen LogP) is 3.78. The van der Waals surface area contributed by atoms with Crippen LogP contribution >= 0.6 is 0 Å². The molecular weight excluding hydrogens is 272 g/mol. The van der Waals surface area contributed by atoms with Gasteiger partial charge in [0.05, 0.1) is 11.7 Å². The van der Waals surface area contributed by atoms with E-state index in [9.17, 15) is 0 Å². The summed E-state index contributed by atoms with van der Waals surface area (Å²) in [5, 5.41) is 0. The summed E-state index contributed by atoms with van der Waals surface area (Å²) >= 11 is 0. The number of aryl methyl sites for hydroxylation is 1. The zero-order chi connectivity index (χ0) is 15.5. The molecule has 0 amide bonds. The van der Waals surface area contributed by atoms with Crippen LogP contribution in [0.3, 0.4) is 0 Å². The van der Waals surface area contributed by atoms with Crippen molar-refractivity contribution >= 4 is 0 Å². The molecule has 0 spiro atoms. The van der Waals surface area contributed by atoms with Gasteiger partial charge in [0.1, 0.15) is 12.4 Å². The Morgan fingerprint density at radius 2 is 2.14 bits per heavy atom. The average molecular weight is 296 g/mol. The first-order valence-electron chi connectivity index (χ1n) is 8.02. The Kier molecular flexibility index (Phi) is 4.44. The number of benzene rings is 1. The smallest absolute Gasteiger partial charge is 0.122 e. The van der Waals surface area contributed by atoms with Crippen LogP contribution in [0.1, 0.15) is 19.4 Å². The second kappa shape index (κ2) is 6.49. The summed E-state index contributed by atoms with van der Waals surface area (Å²) in [6.45, 7) is 9.75. The van der Waals surface area contributed by atoms with Crippen molar-refractivity contribution in [2.24, 2.45) is 5.92 Å². The summed E-state index contributed by atoms with van der Waals surface area (Å²) in [5.74, 6) is 1.71. The standard InChI is InChI=1S/C19H24N2O/c1-14(2)11-21-12-17(21)13-22-19-8-7-16(10-15(19)3)18-6-4-5-9-20-18/h4-10,14,17H,11-13H2,1-3H3. The van der Waals surface area contributed by atoms with E-state index in [1.54, 1.807) is 0 Å². The fourth-order valence-corrected chi connectivity index (χ4v) is 2.76. The molecule has 1 aliphatic rings. The maximum atomic E-state index is 6.00. The van der Waals surface area contributed by atoms with E-state index in [1.165, 1.54) is 18.7 Å². The molecule has 3 rings (SSSR count). The van der Waals surface area contributed by atoms with Gasteiger partial charge in [-0.1, -0.05) is 19.9 Å². The summed E-state index contributed by atoms with van der Waals surface area (Å²) in [7, 11) is 0. The van der Waals surface area contributed by atoms with Crippen LogP contribution in [0.4, 0.5) is 0 Å². The third-order valence-electron chi connectivity index (χ3n) is 3.99. The van der Waals surface area contributed by atoms with Crippen molar-refractivity contribution < 1.29 is 4.74 Å². The molecule has 0 bridgehead atoms. The number of nitrogens with zero attached hydrogens (tertiary/aromatic N) is 2. The van der Waals surface area contributed by atoms with E-state index in [1.807, 2.05) is 24.4 Å². The molecule has 1 aliphatic heterocycles. The van der Waals surface area contributed by atoms with Gasteiger partial charge in [-0.2, -0.15) is 0 Å². The molecule has 3 nitrogen and oxygen atoms in total. The highest BCUT2D eigenvalue weighted by Gasteiger charge is 2.34. The summed E-state index contributed by atoms with van der Waals surface area (Å²) in [5.41, 5.74) is 3.31. The maximum Gasteiger partial charge on any atom is 0.122 e. The molecule has 2 heterocycles. The largest absolute Gasteiger partial charge is 0.492 e. The van der Waals surface area contributed by atoms with E-state index in [2.05, 4.69) is 48.9 Å². The second-order valence-electron chi connectivity index (χ2n) is 6.51. The number of pyridine rings is 1. The summed E-state index contributed by atoms with van der Waals surface area (Å²) < 4.78 is 6.00. The van der Waals surface area contributed by atoms with Crippen LogP contribution in [0.15, 0.2) is 42.6 Å². The lowest BCUT2D eigenvalue weighted by Gasteiger charge is -2.11. The van der Waals surface area contributed by atoms with Crippen LogP contribution in [0, 0.1) is 12.8 Å². The van der Waals surface area contributed by atoms with Crippen LogP contribution < -0.4 is 4.74 Å². The van der Waals surface area contributed by atoms with Crippen LogP contribution in [-0.2, 0) is 0 Å². The third kappa shape index (κ3) is 3.66. The quantitative estimate of drug-likeness (QED) is 0.759. The minimum absolute atomic E-state index is 0.595. The molecule has 0 radical (unpaired) electrons. The Labute approximate surface area is 132 Å². The number of ether oxygens (including phenoxy) is 1. The molecule has 2 aromatic rings. The zero-order valence-corrected chi connectivity index (χ0v) is 13.6. The highest BCUT2D eigenvalue weighted by atomic mass is 16.5. The molecule has 116 valence electrons. The number of hydrogen-bond donors (Lipinski definition) is 0. The monoisotopic (exact) mass is 296 g/mol. The van der Waals surface area contributed by atoms with Gasteiger partial charge < -0.3 is 4.74 Å². The Hall–Kier alpha value is -1.87. The molecule has 0 aliphatic carbocycles. The lowest BCUT2D eigenvalue weighted by Crippen LogP contribution is -2.15. The summed E-state index contributed by atoms with van der Waals surface area (Å²) in [6, 6.07) is 12.9. The summed E-state index contributed by atoms with van der Waals surface area (Å²) in [4.78, 5) is 6.87. The lowest BCUT2D eigenvalue weighted by atomic mass is 10.1. The van der Waals surface area contributed by atoms with Crippen molar-refractivity contribution in [3.63, 3.8) is 0 Å². The van der Waals surface area contributed by atoms with E-state index < -0.39 is 0 Å². The Bertz CT molecular complexity index is 625. The lowest BCUT2D eigenvalue weighted by molar-refractivity contribution is 0.286. The van der Waals surface area contributed by atoms with Gasteiger partial charge in [-0.25, -0.2) is 0 Å². The maximum absolute atomic E-state index is 6.00. The molecule has 1 aromatic heterocycles. The van der Waals surface area contributed by atoms with E-state index in [-0.39, 0.29) is 0 Å². The minimum Gasteiger partial charge on any atom is -0.492 e. The zero-order valence-electron chi connectivity index (χ0n) is 13.6. The Morgan fingerprint density at radius 3 is 2.82 bits per heavy atom. The minimum atomic E-state index is 0.595. The third-order valence-corrected chi connectivity index (χ3v) is 3.99. The molecular formula is C19H24N2O. The number of aromatic nitrogens is 1. The van der Waals surface area contributed by atoms with Gasteiger partial charge in [-0.05, 0) is 48.7 Å². The first-order valence-corrected chi connectivity index (χ1v) is 8.02. The van der Waals surface area contributed by atoms with Gasteiger partial charge >= 0.3 is 0 Å². The van der Waals surface area contributed by atoms with Gasteiger partial charge in [0, 0.05) is 24.8 Å². The van der Waals surface area contributed by atoms with Gasteiger partial charge in [0.15, 0.2) is 0 Å². The first kappa shape index (κ1) is 15.0. The molecule has 1 fully saturated rings. The molecule has 2 unspecified atom stereocenters. The van der Waals surface area contributed by atoms with E-state index >= 15 is 0 Å². The van der Waals surface area contributed by atoms with Gasteiger partial charge in [-0.15, -0.1) is 0 Å². The van der Waals surface area contributed by atoms with Gasteiger partial charge in [0.25, 0.3) is 0 Å². The fraction of sp³-hybridized carbons (Fsp3) is 0.421. The summed E-state index contributed by atoms with van der Waals surface area (Å²) in [6.07, 6.45) is 1.82. The number of hydrogen-bond acceptors (Lipinski definition) is 3. The molecule has 2 atom stereocenters. The molecule has 22 heavy (non-hydrogen) atoms. The Morgan fingerprint density at radius 1 is 1.27 bits per heavy atom. The Balaban J connectivity index is 1.59. The second-order valence-corrected chi connectivity index (χ2v) is 6.51. The highest BCUT2D eigenvalue weighted by Crippen LogP contribution is 2.26. The topological polar surface area (TPSA) is 25.1 Å². The van der Waals surface area contributed by atoms with Crippen molar-refractivity contribution in [2.45, 2.75) is 26.8 Å². The molecule has 0 saturated carbocycles.